The fourth-order valence-electron chi connectivity index (χ4n) is 3.50. The van der Waals surface area contributed by atoms with Gasteiger partial charge in [-0.15, -0.1) is 0 Å². The molecule has 1 unspecified atom stereocenters. The van der Waals surface area contributed by atoms with Crippen molar-refractivity contribution in [1.82, 2.24) is 14.7 Å². The number of nitriles is 1. The molecule has 1 atom stereocenters. The Bertz CT molecular complexity index is 763. The van der Waals surface area contributed by atoms with E-state index in [-0.39, 0.29) is 23.1 Å². The quantitative estimate of drug-likeness (QED) is 0.449. The first-order chi connectivity index (χ1) is 13.1. The van der Waals surface area contributed by atoms with Crippen LogP contribution in [0.4, 0.5) is 0 Å². The zero-order chi connectivity index (χ0) is 20.9. The summed E-state index contributed by atoms with van der Waals surface area (Å²) < 4.78 is 23.7. The highest BCUT2D eigenvalue weighted by Crippen LogP contribution is 2.21. The summed E-state index contributed by atoms with van der Waals surface area (Å²) in [5, 5.41) is 18.6. The second-order valence-corrected chi connectivity index (χ2v) is 9.89. The van der Waals surface area contributed by atoms with Gasteiger partial charge >= 0.3 is 5.97 Å². The summed E-state index contributed by atoms with van der Waals surface area (Å²) in [6.45, 7) is 1.76. The van der Waals surface area contributed by atoms with E-state index in [0.717, 1.165) is 0 Å². The average molecular weight is 413 g/mol. The fourth-order valence-corrected chi connectivity index (χ4v) is 5.24. The van der Waals surface area contributed by atoms with E-state index in [2.05, 4.69) is 0 Å². The largest absolute Gasteiger partial charge is 0.481 e. The van der Waals surface area contributed by atoms with Crippen molar-refractivity contribution in [2.24, 2.45) is 5.92 Å². The zero-order valence-corrected chi connectivity index (χ0v) is 17.2. The number of rotatable bonds is 7. The van der Waals surface area contributed by atoms with Gasteiger partial charge in [-0.2, -0.15) is 5.26 Å². The third-order valence-electron chi connectivity index (χ3n) is 5.26. The molecule has 1 amide bonds. The molecule has 9 nitrogen and oxygen atoms in total. The van der Waals surface area contributed by atoms with E-state index in [9.17, 15) is 23.3 Å². The highest BCUT2D eigenvalue weighted by atomic mass is 32.2. The lowest BCUT2D eigenvalue weighted by atomic mass is 9.97. The Hall–Kier alpha value is -2.12. The molecule has 2 fully saturated rings. The second kappa shape index (κ2) is 9.39. The maximum absolute atomic E-state index is 12.8. The molecule has 2 aliphatic heterocycles. The van der Waals surface area contributed by atoms with Gasteiger partial charge < -0.3 is 19.8 Å². The molecule has 1 N–H and O–H groups in total. The van der Waals surface area contributed by atoms with Gasteiger partial charge in [0, 0.05) is 38.4 Å². The Morgan fingerprint density at radius 3 is 2.32 bits per heavy atom. The number of aliphatic carboxylic acids is 1. The number of sulfone groups is 1. The molecule has 2 heterocycles. The first kappa shape index (κ1) is 22.2. The molecule has 156 valence electrons. The van der Waals surface area contributed by atoms with E-state index in [1.807, 2.05) is 25.1 Å². The SMILES string of the molecule is CN(C)CCN(/C=C(/C#N)C(=O)N1CCC(C(=O)O)CC1)C1CCS(=O)(=O)C1. The van der Waals surface area contributed by atoms with Gasteiger partial charge in [-0.3, -0.25) is 9.59 Å². The number of carboxylic acid groups (broad SMARTS) is 1. The van der Waals surface area contributed by atoms with Crippen molar-refractivity contribution >= 4 is 21.7 Å². The Balaban J connectivity index is 2.13. The lowest BCUT2D eigenvalue weighted by Gasteiger charge is -2.31. The maximum Gasteiger partial charge on any atom is 0.306 e. The summed E-state index contributed by atoms with van der Waals surface area (Å²) >= 11 is 0. The van der Waals surface area contributed by atoms with Gasteiger partial charge in [0.2, 0.25) is 0 Å². The Morgan fingerprint density at radius 1 is 1.21 bits per heavy atom. The molecule has 0 spiro atoms. The Labute approximate surface area is 166 Å². The minimum Gasteiger partial charge on any atom is -0.481 e. The van der Waals surface area contributed by atoms with Gasteiger partial charge in [0.05, 0.1) is 17.4 Å². The number of carbonyl (C=O) groups is 2. The highest BCUT2D eigenvalue weighted by Gasteiger charge is 2.33. The molecule has 28 heavy (non-hydrogen) atoms. The highest BCUT2D eigenvalue weighted by molar-refractivity contribution is 7.91. The number of nitrogens with zero attached hydrogens (tertiary/aromatic N) is 4. The first-order valence-corrected chi connectivity index (χ1v) is 11.2. The topological polar surface area (TPSA) is 122 Å². The van der Waals surface area contributed by atoms with Crippen LogP contribution in [0, 0.1) is 17.2 Å². The number of hydrogen-bond donors (Lipinski definition) is 1. The predicted molar refractivity (Wildman–Crippen MR) is 103 cm³/mol. The number of carboxylic acids is 1. The number of carbonyl (C=O) groups excluding carboxylic acids is 1. The molecule has 2 aliphatic rings. The number of amides is 1. The molecular formula is C18H28N4O5S. The van der Waals surface area contributed by atoms with Crippen molar-refractivity contribution in [3.05, 3.63) is 11.8 Å². The summed E-state index contributed by atoms with van der Waals surface area (Å²) in [6.07, 6.45) is 2.69. The molecule has 0 saturated carbocycles. The van der Waals surface area contributed by atoms with Gasteiger partial charge in [0.1, 0.15) is 11.6 Å². The molecule has 0 aromatic carbocycles. The van der Waals surface area contributed by atoms with E-state index >= 15 is 0 Å². The van der Waals surface area contributed by atoms with Crippen LogP contribution < -0.4 is 0 Å². The van der Waals surface area contributed by atoms with Crippen LogP contribution in [0.5, 0.6) is 0 Å². The van der Waals surface area contributed by atoms with Crippen molar-refractivity contribution in [1.29, 1.82) is 5.26 Å². The van der Waals surface area contributed by atoms with Crippen LogP contribution in [0.2, 0.25) is 0 Å². The molecule has 0 radical (unpaired) electrons. The third-order valence-corrected chi connectivity index (χ3v) is 7.01. The smallest absolute Gasteiger partial charge is 0.306 e. The van der Waals surface area contributed by atoms with Crippen LogP contribution in [0.15, 0.2) is 11.8 Å². The van der Waals surface area contributed by atoms with E-state index in [4.69, 9.17) is 5.11 Å². The Kier molecular flexibility index (Phi) is 7.43. The number of hydrogen-bond acceptors (Lipinski definition) is 7. The average Bonchev–Trinajstić information content (AvgIpc) is 3.01. The van der Waals surface area contributed by atoms with Crippen LogP contribution in [0.1, 0.15) is 19.3 Å². The molecule has 0 bridgehead atoms. The monoisotopic (exact) mass is 412 g/mol. The van der Waals surface area contributed by atoms with Crippen molar-refractivity contribution in [2.75, 3.05) is 51.8 Å². The first-order valence-electron chi connectivity index (χ1n) is 9.38. The molecule has 0 aromatic rings. The van der Waals surface area contributed by atoms with Crippen LogP contribution in [0.25, 0.3) is 0 Å². The zero-order valence-electron chi connectivity index (χ0n) is 16.4. The van der Waals surface area contributed by atoms with Crippen LogP contribution in [0.3, 0.4) is 0 Å². The van der Waals surface area contributed by atoms with Gasteiger partial charge in [0.15, 0.2) is 9.84 Å². The van der Waals surface area contributed by atoms with Crippen LogP contribution in [-0.2, 0) is 19.4 Å². The predicted octanol–water partition coefficient (Wildman–Crippen LogP) is -0.232. The van der Waals surface area contributed by atoms with E-state index < -0.39 is 27.6 Å². The minimum absolute atomic E-state index is 0.0217. The number of likely N-dealkylation sites (N-methyl/N-ethyl adjacent to an activating group) is 1. The van der Waals surface area contributed by atoms with Gasteiger partial charge in [-0.25, -0.2) is 8.42 Å². The second-order valence-electron chi connectivity index (χ2n) is 7.66. The number of likely N-dealkylation sites (tertiary alicyclic amines) is 1. The Morgan fingerprint density at radius 2 is 1.86 bits per heavy atom. The molecule has 0 aromatic heterocycles. The lowest BCUT2D eigenvalue weighted by Crippen LogP contribution is -2.42. The standard InChI is InChI=1S/C18H28N4O5S/c1-20(2)8-9-22(16-5-10-28(26,27)13-16)12-15(11-19)17(23)21-6-3-14(4-7-21)18(24)25/h12,14,16H,3-10,13H2,1-2H3,(H,24,25)/b15-12-. The van der Waals surface area contributed by atoms with Crippen LogP contribution in [-0.4, -0.2) is 97.9 Å². The fraction of sp³-hybridized carbons (Fsp3) is 0.722. The van der Waals surface area contributed by atoms with Crippen molar-refractivity contribution in [3.8, 4) is 6.07 Å². The molecule has 0 aliphatic carbocycles. The normalized spacial score (nSPS) is 22.9. The summed E-state index contributed by atoms with van der Waals surface area (Å²) in [7, 11) is 0.703. The van der Waals surface area contributed by atoms with Gasteiger partial charge in [0.25, 0.3) is 5.91 Å². The molecule has 2 saturated heterocycles. The van der Waals surface area contributed by atoms with Crippen molar-refractivity contribution in [2.45, 2.75) is 25.3 Å². The summed E-state index contributed by atoms with van der Waals surface area (Å²) in [4.78, 5) is 29.1. The van der Waals surface area contributed by atoms with Crippen molar-refractivity contribution in [3.63, 3.8) is 0 Å². The van der Waals surface area contributed by atoms with Crippen LogP contribution >= 0.6 is 0 Å². The third kappa shape index (κ3) is 5.94. The van der Waals surface area contributed by atoms with Gasteiger partial charge in [-0.05, 0) is 33.4 Å². The molecule has 2 rings (SSSR count). The van der Waals surface area contributed by atoms with E-state index in [1.54, 1.807) is 4.90 Å². The number of piperidine rings is 1. The maximum atomic E-state index is 12.8. The lowest BCUT2D eigenvalue weighted by molar-refractivity contribution is -0.145. The van der Waals surface area contributed by atoms with Gasteiger partial charge in [-0.1, -0.05) is 0 Å². The molecular weight excluding hydrogens is 384 g/mol. The van der Waals surface area contributed by atoms with Crippen molar-refractivity contribution < 1.29 is 23.1 Å². The summed E-state index contributed by atoms with van der Waals surface area (Å²) in [6, 6.07) is 1.69. The summed E-state index contributed by atoms with van der Waals surface area (Å²) in [5.41, 5.74) is -0.0446. The molecule has 10 heteroatoms. The minimum atomic E-state index is -3.09. The van der Waals surface area contributed by atoms with E-state index in [1.165, 1.54) is 11.1 Å². The van der Waals surface area contributed by atoms with E-state index in [0.29, 0.717) is 45.4 Å². The summed E-state index contributed by atoms with van der Waals surface area (Å²) in [5.74, 6) is -1.61.